The van der Waals surface area contributed by atoms with Gasteiger partial charge in [-0.2, -0.15) is 0 Å². The van der Waals surface area contributed by atoms with Gasteiger partial charge in [-0.3, -0.25) is 0 Å². The molecule has 2 rings (SSSR count). The Labute approximate surface area is 107 Å². The largest absolute Gasteiger partial charge is 0.309 e. The van der Waals surface area contributed by atoms with Crippen LogP contribution in [0, 0.1) is 5.82 Å². The smallest absolute Gasteiger partial charge is 0.129 e. The van der Waals surface area contributed by atoms with Gasteiger partial charge in [0.15, 0.2) is 0 Å². The monoisotopic (exact) mass is 295 g/mol. The molecular weight excluding hydrogens is 285 g/mol. The van der Waals surface area contributed by atoms with E-state index < -0.39 is 0 Å². The van der Waals surface area contributed by atoms with Crippen molar-refractivity contribution in [2.75, 3.05) is 7.05 Å². The van der Waals surface area contributed by atoms with Gasteiger partial charge in [-0.25, -0.2) is 14.4 Å². The van der Waals surface area contributed by atoms with Crippen LogP contribution < -0.4 is 5.32 Å². The number of nitrogens with one attached hydrogen (secondary N) is 1. The third kappa shape index (κ3) is 2.68. The zero-order valence-corrected chi connectivity index (χ0v) is 10.8. The summed E-state index contributed by atoms with van der Waals surface area (Å²) in [5.41, 5.74) is 1.40. The molecule has 0 saturated carbocycles. The lowest BCUT2D eigenvalue weighted by Gasteiger charge is -2.17. The van der Waals surface area contributed by atoms with Crippen molar-refractivity contribution in [1.82, 2.24) is 15.3 Å². The van der Waals surface area contributed by atoms with Crippen LogP contribution in [0.3, 0.4) is 0 Å². The average Bonchev–Trinajstić information content (AvgIpc) is 2.34. The summed E-state index contributed by atoms with van der Waals surface area (Å²) in [6.07, 6.45) is 4.81. The predicted molar refractivity (Wildman–Crippen MR) is 67.0 cm³/mol. The summed E-state index contributed by atoms with van der Waals surface area (Å²) in [6.45, 7) is 0. The molecular formula is C12H11BrFN3. The predicted octanol–water partition coefficient (Wildman–Crippen LogP) is 2.69. The molecule has 1 atom stereocenters. The van der Waals surface area contributed by atoms with E-state index in [0.29, 0.717) is 5.56 Å². The molecule has 0 aliphatic rings. The second kappa shape index (κ2) is 5.33. The first kappa shape index (κ1) is 12.1. The number of nitrogens with zero attached hydrogens (tertiary/aromatic N) is 2. The van der Waals surface area contributed by atoms with Crippen LogP contribution in [-0.2, 0) is 0 Å². The van der Waals surface area contributed by atoms with E-state index >= 15 is 0 Å². The van der Waals surface area contributed by atoms with Crippen LogP contribution in [-0.4, -0.2) is 17.0 Å². The maximum Gasteiger partial charge on any atom is 0.129 e. The third-order valence-corrected chi connectivity index (χ3v) is 2.97. The van der Waals surface area contributed by atoms with Gasteiger partial charge >= 0.3 is 0 Å². The molecule has 2 aromatic rings. The molecule has 5 heteroatoms. The lowest BCUT2D eigenvalue weighted by molar-refractivity contribution is 0.574. The van der Waals surface area contributed by atoms with Gasteiger partial charge in [0, 0.05) is 28.0 Å². The third-order valence-electron chi connectivity index (χ3n) is 2.48. The highest BCUT2D eigenvalue weighted by Gasteiger charge is 2.16. The van der Waals surface area contributed by atoms with E-state index in [9.17, 15) is 4.39 Å². The Hall–Kier alpha value is -1.33. The highest BCUT2D eigenvalue weighted by atomic mass is 79.9. The molecule has 0 radical (unpaired) electrons. The fourth-order valence-electron chi connectivity index (χ4n) is 1.70. The average molecular weight is 296 g/mol. The Morgan fingerprint density at radius 1 is 1.29 bits per heavy atom. The molecule has 1 N–H and O–H groups in total. The molecule has 17 heavy (non-hydrogen) atoms. The molecule has 1 unspecified atom stereocenters. The van der Waals surface area contributed by atoms with E-state index in [-0.39, 0.29) is 11.9 Å². The number of benzene rings is 1. The van der Waals surface area contributed by atoms with E-state index in [1.165, 1.54) is 12.4 Å². The van der Waals surface area contributed by atoms with Crippen molar-refractivity contribution in [3.63, 3.8) is 0 Å². The van der Waals surface area contributed by atoms with E-state index in [0.717, 1.165) is 10.0 Å². The quantitative estimate of drug-likeness (QED) is 0.946. The van der Waals surface area contributed by atoms with Gasteiger partial charge in [0.2, 0.25) is 0 Å². The van der Waals surface area contributed by atoms with Crippen LogP contribution in [0.1, 0.15) is 17.2 Å². The van der Waals surface area contributed by atoms with Crippen molar-refractivity contribution >= 4 is 15.9 Å². The first-order valence-electron chi connectivity index (χ1n) is 5.09. The summed E-state index contributed by atoms with van der Waals surface area (Å²) in [5, 5.41) is 3.06. The maximum atomic E-state index is 13.9. The van der Waals surface area contributed by atoms with Crippen LogP contribution in [0.5, 0.6) is 0 Å². The van der Waals surface area contributed by atoms with Crippen LogP contribution in [0.4, 0.5) is 4.39 Å². The van der Waals surface area contributed by atoms with Crippen molar-refractivity contribution in [3.8, 4) is 0 Å². The molecule has 1 aromatic heterocycles. The lowest BCUT2D eigenvalue weighted by Crippen LogP contribution is -2.19. The van der Waals surface area contributed by atoms with Gasteiger partial charge in [0.1, 0.15) is 12.1 Å². The standard InChI is InChI=1S/C12H11BrFN3/c1-15-12(8-5-16-7-17-6-8)10-3-2-9(13)4-11(10)14/h2-7,12,15H,1H3. The fourth-order valence-corrected chi connectivity index (χ4v) is 2.03. The molecule has 0 amide bonds. The number of halogens is 2. The molecule has 0 bridgehead atoms. The Morgan fingerprint density at radius 3 is 2.59 bits per heavy atom. The topological polar surface area (TPSA) is 37.8 Å². The normalized spacial score (nSPS) is 12.4. The second-order valence-electron chi connectivity index (χ2n) is 3.56. The van der Waals surface area contributed by atoms with Crippen LogP contribution in [0.25, 0.3) is 0 Å². The molecule has 0 aliphatic carbocycles. The van der Waals surface area contributed by atoms with E-state index in [4.69, 9.17) is 0 Å². The van der Waals surface area contributed by atoms with E-state index in [1.54, 1.807) is 25.5 Å². The summed E-state index contributed by atoms with van der Waals surface area (Å²) in [4.78, 5) is 7.89. The minimum Gasteiger partial charge on any atom is -0.309 e. The van der Waals surface area contributed by atoms with Crippen molar-refractivity contribution < 1.29 is 4.39 Å². The summed E-state index contributed by atoms with van der Waals surface area (Å²) in [7, 11) is 1.78. The van der Waals surface area contributed by atoms with Gasteiger partial charge in [-0.1, -0.05) is 22.0 Å². The second-order valence-corrected chi connectivity index (χ2v) is 4.48. The van der Waals surface area contributed by atoms with E-state index in [1.807, 2.05) is 6.07 Å². The van der Waals surface area contributed by atoms with E-state index in [2.05, 4.69) is 31.2 Å². The summed E-state index contributed by atoms with van der Waals surface area (Å²) >= 11 is 3.24. The first-order chi connectivity index (χ1) is 8.22. The number of hydrogen-bond acceptors (Lipinski definition) is 3. The molecule has 0 fully saturated rings. The van der Waals surface area contributed by atoms with Crippen LogP contribution in [0.15, 0.2) is 41.4 Å². The Kier molecular flexibility index (Phi) is 3.81. The van der Waals surface area contributed by atoms with Crippen LogP contribution >= 0.6 is 15.9 Å². The molecule has 1 heterocycles. The van der Waals surface area contributed by atoms with Crippen molar-refractivity contribution in [3.05, 3.63) is 58.3 Å². The SMILES string of the molecule is CNC(c1cncnc1)c1ccc(Br)cc1F. The first-order valence-corrected chi connectivity index (χ1v) is 5.89. The number of hydrogen-bond donors (Lipinski definition) is 1. The minimum absolute atomic E-state index is 0.246. The minimum atomic E-state index is -0.262. The van der Waals surface area contributed by atoms with Crippen molar-refractivity contribution in [1.29, 1.82) is 0 Å². The molecule has 0 aliphatic heterocycles. The van der Waals surface area contributed by atoms with Gasteiger partial charge in [-0.15, -0.1) is 0 Å². The summed E-state index contributed by atoms with van der Waals surface area (Å²) in [6, 6.07) is 4.76. The zero-order chi connectivity index (χ0) is 12.3. The number of aromatic nitrogens is 2. The highest BCUT2D eigenvalue weighted by molar-refractivity contribution is 9.10. The molecule has 3 nitrogen and oxygen atoms in total. The van der Waals surface area contributed by atoms with Crippen LogP contribution in [0.2, 0.25) is 0 Å². The molecule has 88 valence electrons. The van der Waals surface area contributed by atoms with Gasteiger partial charge < -0.3 is 5.32 Å². The lowest BCUT2D eigenvalue weighted by atomic mass is 10.0. The van der Waals surface area contributed by atoms with Crippen molar-refractivity contribution in [2.45, 2.75) is 6.04 Å². The molecule has 0 saturated heterocycles. The number of rotatable bonds is 3. The summed E-state index contributed by atoms with van der Waals surface area (Å²) < 4.78 is 14.6. The Morgan fingerprint density at radius 2 is 2.00 bits per heavy atom. The molecule has 1 aromatic carbocycles. The zero-order valence-electron chi connectivity index (χ0n) is 9.19. The Bertz CT molecular complexity index is 504. The summed E-state index contributed by atoms with van der Waals surface area (Å²) in [5.74, 6) is -0.262. The molecule has 0 spiro atoms. The Balaban J connectivity index is 2.42. The fraction of sp³-hybridized carbons (Fsp3) is 0.167. The van der Waals surface area contributed by atoms with Crippen molar-refractivity contribution in [2.24, 2.45) is 0 Å². The maximum absolute atomic E-state index is 13.9. The van der Waals surface area contributed by atoms with Gasteiger partial charge in [0.05, 0.1) is 6.04 Å². The van der Waals surface area contributed by atoms with Gasteiger partial charge in [-0.05, 0) is 19.2 Å². The highest BCUT2D eigenvalue weighted by Crippen LogP contribution is 2.25. The van der Waals surface area contributed by atoms with Gasteiger partial charge in [0.25, 0.3) is 0 Å².